The molecule has 2 aromatic rings. The smallest absolute Gasteiger partial charge is 0.253 e. The summed E-state index contributed by atoms with van der Waals surface area (Å²) in [5.74, 6) is 0.728. The third-order valence-electron chi connectivity index (χ3n) is 7.88. The number of morpholine rings is 1. The molecule has 0 bridgehead atoms. The molecule has 9 nitrogen and oxygen atoms in total. The molecule has 0 atom stereocenters. The number of piperidine rings is 1. The molecule has 2 aliphatic heterocycles. The minimum Gasteiger partial charge on any atom is -0.496 e. The number of nitrogens with zero attached hydrogens (tertiary/aromatic N) is 4. The van der Waals surface area contributed by atoms with E-state index >= 15 is 0 Å². The lowest BCUT2D eigenvalue weighted by molar-refractivity contribution is 0.00158. The largest absolute Gasteiger partial charge is 0.496 e. The number of ether oxygens (including phenoxy) is 3. The Morgan fingerprint density at radius 2 is 1.97 bits per heavy atom. The highest BCUT2D eigenvalue weighted by molar-refractivity contribution is 5.95. The van der Waals surface area contributed by atoms with E-state index in [0.29, 0.717) is 48.9 Å². The lowest BCUT2D eigenvalue weighted by atomic mass is 10.00. The van der Waals surface area contributed by atoms with Crippen molar-refractivity contribution in [3.05, 3.63) is 58.4 Å². The number of methoxy groups -OCH3 is 2. The van der Waals surface area contributed by atoms with Crippen molar-refractivity contribution in [1.29, 1.82) is 5.26 Å². The molecule has 0 radical (unpaired) electrons. The van der Waals surface area contributed by atoms with Crippen molar-refractivity contribution in [2.24, 2.45) is 0 Å². The molecule has 2 fully saturated rings. The maximum atomic E-state index is 13.4. The molecule has 206 valence electrons. The average molecular weight is 532 g/mol. The van der Waals surface area contributed by atoms with E-state index in [4.69, 9.17) is 19.2 Å². The molecule has 3 heterocycles. The highest BCUT2D eigenvalue weighted by Gasteiger charge is 2.29. The van der Waals surface area contributed by atoms with E-state index in [-0.39, 0.29) is 5.91 Å². The average Bonchev–Trinajstić information content (AvgIpc) is 3.41. The van der Waals surface area contributed by atoms with Gasteiger partial charge in [0.1, 0.15) is 5.75 Å². The molecular weight excluding hydrogens is 494 g/mol. The van der Waals surface area contributed by atoms with Crippen molar-refractivity contribution in [2.45, 2.75) is 31.7 Å². The SMILES string of the molecule is COCCNc1cc(Cc2ccc(C(=O)N3CCC(N4CCOCC4)CC3)cc2OC)nc2c1C(C#N)=CC2. The number of hydrogen-bond donors (Lipinski definition) is 1. The molecule has 2 saturated heterocycles. The number of amides is 1. The number of carbonyl (C=O) groups is 1. The number of nitriles is 1. The molecule has 1 aliphatic carbocycles. The second kappa shape index (κ2) is 12.6. The molecule has 0 unspecified atom stereocenters. The van der Waals surface area contributed by atoms with Crippen LogP contribution in [0.1, 0.15) is 45.7 Å². The fraction of sp³-hybridized carbons (Fsp3) is 0.500. The van der Waals surface area contributed by atoms with E-state index in [9.17, 15) is 10.1 Å². The number of carbonyl (C=O) groups excluding carboxylic acids is 1. The van der Waals surface area contributed by atoms with Crippen molar-refractivity contribution >= 4 is 17.2 Å². The van der Waals surface area contributed by atoms with Crippen molar-refractivity contribution in [3.63, 3.8) is 0 Å². The van der Waals surface area contributed by atoms with Crippen LogP contribution in [0.15, 0.2) is 30.3 Å². The van der Waals surface area contributed by atoms with Gasteiger partial charge >= 0.3 is 0 Å². The molecular formula is C30H37N5O4. The molecule has 1 aromatic heterocycles. The number of aromatic nitrogens is 1. The van der Waals surface area contributed by atoms with Crippen LogP contribution in [0.4, 0.5) is 5.69 Å². The maximum Gasteiger partial charge on any atom is 0.253 e. The summed E-state index contributed by atoms with van der Waals surface area (Å²) in [5, 5.41) is 13.0. The monoisotopic (exact) mass is 531 g/mol. The number of likely N-dealkylation sites (tertiary alicyclic amines) is 1. The van der Waals surface area contributed by atoms with E-state index in [0.717, 1.165) is 80.4 Å². The summed E-state index contributed by atoms with van der Waals surface area (Å²) in [6.45, 7) is 6.30. The van der Waals surface area contributed by atoms with Gasteiger partial charge in [0.05, 0.1) is 44.3 Å². The van der Waals surface area contributed by atoms with E-state index in [2.05, 4.69) is 16.3 Å². The summed E-state index contributed by atoms with van der Waals surface area (Å²) < 4.78 is 16.4. The molecule has 9 heteroatoms. The van der Waals surface area contributed by atoms with Gasteiger partial charge in [0.15, 0.2) is 0 Å². The van der Waals surface area contributed by atoms with Crippen LogP contribution in [0.5, 0.6) is 5.75 Å². The number of fused-ring (bicyclic) bond motifs is 1. The zero-order valence-corrected chi connectivity index (χ0v) is 22.9. The number of hydrogen-bond acceptors (Lipinski definition) is 8. The number of rotatable bonds is 9. The summed E-state index contributed by atoms with van der Waals surface area (Å²) in [4.78, 5) is 22.7. The minimum atomic E-state index is 0.0515. The number of benzene rings is 1. The van der Waals surface area contributed by atoms with E-state index < -0.39 is 0 Å². The standard InChI is InChI=1S/C30H37N5O4/c1-37-14-9-32-27-19-24(33-26-6-5-23(20-31)29(26)27)17-21-3-4-22(18-28(21)38-2)30(36)35-10-7-25(8-11-35)34-12-15-39-16-13-34/h3-5,18-19,25H,6-17H2,1-2H3,(H,32,33). The Morgan fingerprint density at radius 1 is 1.18 bits per heavy atom. The first-order valence-electron chi connectivity index (χ1n) is 13.8. The predicted molar refractivity (Wildman–Crippen MR) is 149 cm³/mol. The number of anilines is 1. The van der Waals surface area contributed by atoms with Crippen molar-refractivity contribution in [1.82, 2.24) is 14.8 Å². The van der Waals surface area contributed by atoms with Crippen LogP contribution >= 0.6 is 0 Å². The fourth-order valence-corrected chi connectivity index (χ4v) is 5.80. The first-order chi connectivity index (χ1) is 19.1. The summed E-state index contributed by atoms with van der Waals surface area (Å²) in [6, 6.07) is 10.5. The van der Waals surface area contributed by atoms with Gasteiger partial charge in [-0.05, 0) is 31.0 Å². The van der Waals surface area contributed by atoms with Gasteiger partial charge in [-0.25, -0.2) is 0 Å². The minimum absolute atomic E-state index is 0.0515. The summed E-state index contributed by atoms with van der Waals surface area (Å²) in [6.07, 6.45) is 5.10. The van der Waals surface area contributed by atoms with Crippen LogP contribution < -0.4 is 10.1 Å². The Morgan fingerprint density at radius 3 is 2.69 bits per heavy atom. The van der Waals surface area contributed by atoms with E-state index in [1.54, 1.807) is 14.2 Å². The highest BCUT2D eigenvalue weighted by atomic mass is 16.5. The second-order valence-electron chi connectivity index (χ2n) is 10.2. The molecule has 39 heavy (non-hydrogen) atoms. The van der Waals surface area contributed by atoms with E-state index in [1.807, 2.05) is 35.2 Å². The highest BCUT2D eigenvalue weighted by Crippen LogP contribution is 2.34. The van der Waals surface area contributed by atoms with E-state index in [1.165, 1.54) is 0 Å². The lowest BCUT2D eigenvalue weighted by Crippen LogP contribution is -2.50. The lowest BCUT2D eigenvalue weighted by Gasteiger charge is -2.40. The number of pyridine rings is 1. The van der Waals surface area contributed by atoms with Crippen LogP contribution in [-0.2, 0) is 22.3 Å². The van der Waals surface area contributed by atoms with Crippen LogP contribution in [0.2, 0.25) is 0 Å². The third kappa shape index (κ3) is 6.09. The van der Waals surface area contributed by atoms with Gasteiger partial charge in [0.2, 0.25) is 0 Å². The Hall–Kier alpha value is -3.45. The quantitative estimate of drug-likeness (QED) is 0.493. The van der Waals surface area contributed by atoms with Gasteiger partial charge in [-0.15, -0.1) is 0 Å². The Labute approximate surface area is 230 Å². The number of allylic oxidation sites excluding steroid dienone is 2. The molecule has 0 saturated carbocycles. The fourth-order valence-electron chi connectivity index (χ4n) is 5.80. The topological polar surface area (TPSA) is 100.0 Å². The van der Waals surface area contributed by atoms with Crippen LogP contribution in [0.3, 0.4) is 0 Å². The predicted octanol–water partition coefficient (Wildman–Crippen LogP) is 3.14. The second-order valence-corrected chi connectivity index (χ2v) is 10.2. The summed E-state index contributed by atoms with van der Waals surface area (Å²) in [7, 11) is 3.30. The summed E-state index contributed by atoms with van der Waals surface area (Å²) in [5.41, 5.74) is 5.80. The van der Waals surface area contributed by atoms with Gasteiger partial charge in [-0.2, -0.15) is 5.26 Å². The molecule has 1 aromatic carbocycles. The van der Waals surface area contributed by atoms with Gasteiger partial charge in [-0.3, -0.25) is 14.7 Å². The molecule has 3 aliphatic rings. The van der Waals surface area contributed by atoms with Crippen molar-refractivity contribution in [3.8, 4) is 11.8 Å². The normalized spacial score (nSPS) is 17.9. The molecule has 5 rings (SSSR count). The third-order valence-corrected chi connectivity index (χ3v) is 7.88. The summed E-state index contributed by atoms with van der Waals surface area (Å²) >= 11 is 0. The van der Waals surface area contributed by atoms with Gasteiger partial charge in [0, 0.05) is 86.8 Å². The van der Waals surface area contributed by atoms with Crippen molar-refractivity contribution in [2.75, 3.05) is 72.1 Å². The molecule has 0 spiro atoms. The van der Waals surface area contributed by atoms with Gasteiger partial charge < -0.3 is 24.4 Å². The first-order valence-corrected chi connectivity index (χ1v) is 13.8. The Bertz CT molecular complexity index is 1260. The van der Waals surface area contributed by atoms with Crippen molar-refractivity contribution < 1.29 is 19.0 Å². The Kier molecular flexibility index (Phi) is 8.77. The first kappa shape index (κ1) is 27.1. The Balaban J connectivity index is 1.28. The zero-order chi connectivity index (χ0) is 27.2. The number of nitrogens with one attached hydrogen (secondary N) is 1. The van der Waals surface area contributed by atoms with Crippen LogP contribution in [0.25, 0.3) is 5.57 Å². The zero-order valence-electron chi connectivity index (χ0n) is 22.9. The van der Waals surface area contributed by atoms with Gasteiger partial charge in [0.25, 0.3) is 5.91 Å². The van der Waals surface area contributed by atoms with Gasteiger partial charge in [-0.1, -0.05) is 12.1 Å². The molecule has 1 N–H and O–H groups in total. The van der Waals surface area contributed by atoms with Crippen LogP contribution in [0, 0.1) is 11.3 Å². The van der Waals surface area contributed by atoms with Crippen LogP contribution in [-0.4, -0.2) is 93.5 Å². The molecule has 1 amide bonds. The maximum absolute atomic E-state index is 13.4.